The lowest BCUT2D eigenvalue weighted by Crippen LogP contribution is -2.51. The highest BCUT2D eigenvalue weighted by atomic mass is 35.5. The van der Waals surface area contributed by atoms with E-state index in [1.165, 1.54) is 11.1 Å². The number of benzene rings is 2. The molecule has 1 saturated heterocycles. The van der Waals surface area contributed by atoms with Gasteiger partial charge in [0.15, 0.2) is 0 Å². The second-order valence-corrected chi connectivity index (χ2v) is 9.28. The van der Waals surface area contributed by atoms with Gasteiger partial charge in [-0.1, -0.05) is 29.3 Å². The number of aryl methyl sites for hydroxylation is 2. The summed E-state index contributed by atoms with van der Waals surface area (Å²) in [7, 11) is 0. The van der Waals surface area contributed by atoms with Crippen molar-refractivity contribution in [1.29, 1.82) is 0 Å². The number of aliphatic hydroxyl groups is 2. The first-order valence-corrected chi connectivity index (χ1v) is 10.9. The highest BCUT2D eigenvalue weighted by Gasteiger charge is 2.43. The van der Waals surface area contributed by atoms with Gasteiger partial charge in [0.1, 0.15) is 11.4 Å². The van der Waals surface area contributed by atoms with E-state index in [2.05, 4.69) is 24.8 Å². The molecule has 4 rings (SSSR count). The molecule has 0 radical (unpaired) electrons. The van der Waals surface area contributed by atoms with Gasteiger partial charge in [0.25, 0.3) is 0 Å². The van der Waals surface area contributed by atoms with Crippen LogP contribution in [0, 0.1) is 13.8 Å². The molecule has 0 bridgehead atoms. The van der Waals surface area contributed by atoms with E-state index in [1.54, 1.807) is 12.1 Å². The molecule has 6 heteroatoms. The molecule has 0 saturated carbocycles. The summed E-state index contributed by atoms with van der Waals surface area (Å²) < 4.78 is 6.45. The number of likely N-dealkylation sites (tertiary alicyclic amines) is 1. The number of piperidine rings is 1. The van der Waals surface area contributed by atoms with Crippen molar-refractivity contribution in [3.8, 4) is 5.75 Å². The molecule has 156 valence electrons. The molecule has 1 fully saturated rings. The van der Waals surface area contributed by atoms with Crippen molar-refractivity contribution in [3.05, 3.63) is 62.6 Å². The van der Waals surface area contributed by atoms with Crippen molar-refractivity contribution >= 4 is 23.2 Å². The summed E-state index contributed by atoms with van der Waals surface area (Å²) >= 11 is 12.0. The van der Waals surface area contributed by atoms with Crippen LogP contribution in [0.15, 0.2) is 30.3 Å². The third-order valence-electron chi connectivity index (χ3n) is 6.40. The van der Waals surface area contributed by atoms with Crippen LogP contribution >= 0.6 is 23.2 Å². The minimum Gasteiger partial charge on any atom is -0.487 e. The average molecular weight is 436 g/mol. The van der Waals surface area contributed by atoms with Gasteiger partial charge in [0, 0.05) is 31.6 Å². The summed E-state index contributed by atoms with van der Waals surface area (Å²) in [4.78, 5) is 2.24. The van der Waals surface area contributed by atoms with Gasteiger partial charge in [-0.25, -0.2) is 0 Å². The number of fused-ring (bicyclic) bond motifs is 1. The van der Waals surface area contributed by atoms with Crippen LogP contribution in [-0.2, 0) is 0 Å². The Hall–Kier alpha value is -1.30. The van der Waals surface area contributed by atoms with Crippen LogP contribution in [0.4, 0.5) is 0 Å². The van der Waals surface area contributed by atoms with Gasteiger partial charge >= 0.3 is 0 Å². The van der Waals surface area contributed by atoms with Crippen LogP contribution in [0.25, 0.3) is 0 Å². The van der Waals surface area contributed by atoms with Gasteiger partial charge in [0.05, 0.1) is 22.3 Å². The summed E-state index contributed by atoms with van der Waals surface area (Å²) in [5, 5.41) is 22.3. The van der Waals surface area contributed by atoms with Crippen molar-refractivity contribution in [2.45, 2.75) is 50.9 Å². The highest BCUT2D eigenvalue weighted by Crippen LogP contribution is 2.45. The molecular weight excluding hydrogens is 409 g/mol. The van der Waals surface area contributed by atoms with E-state index in [0.29, 0.717) is 23.0 Å². The largest absolute Gasteiger partial charge is 0.487 e. The average Bonchev–Trinajstić information content (AvgIpc) is 2.68. The topological polar surface area (TPSA) is 52.9 Å². The van der Waals surface area contributed by atoms with Gasteiger partial charge < -0.3 is 19.8 Å². The summed E-state index contributed by atoms with van der Waals surface area (Å²) in [6.45, 7) is 6.28. The fraction of sp³-hybridized carbons (Fsp3) is 0.478. The molecule has 0 amide bonds. The Labute approximate surface area is 182 Å². The number of ether oxygens (including phenoxy) is 1. The van der Waals surface area contributed by atoms with E-state index in [1.807, 2.05) is 12.1 Å². The molecule has 0 unspecified atom stereocenters. The molecule has 29 heavy (non-hydrogen) atoms. The molecule has 4 nitrogen and oxygen atoms in total. The van der Waals surface area contributed by atoms with Crippen molar-refractivity contribution in [3.63, 3.8) is 0 Å². The van der Waals surface area contributed by atoms with E-state index in [4.69, 9.17) is 27.9 Å². The van der Waals surface area contributed by atoms with E-state index >= 15 is 0 Å². The Morgan fingerprint density at radius 3 is 2.48 bits per heavy atom. The van der Waals surface area contributed by atoms with E-state index in [0.717, 1.165) is 42.8 Å². The molecule has 2 heterocycles. The second-order valence-electron chi connectivity index (χ2n) is 8.47. The van der Waals surface area contributed by atoms with Crippen molar-refractivity contribution in [2.75, 3.05) is 19.6 Å². The fourth-order valence-corrected chi connectivity index (χ4v) is 4.72. The molecule has 2 aliphatic rings. The number of hydrogen-bond acceptors (Lipinski definition) is 4. The van der Waals surface area contributed by atoms with Crippen LogP contribution in [0.1, 0.15) is 53.7 Å². The van der Waals surface area contributed by atoms with Gasteiger partial charge in [-0.15, -0.1) is 0 Å². The van der Waals surface area contributed by atoms with Crippen molar-refractivity contribution in [2.24, 2.45) is 0 Å². The Morgan fingerprint density at radius 1 is 1.10 bits per heavy atom. The number of nitrogens with zero attached hydrogens (tertiary/aromatic N) is 1. The van der Waals surface area contributed by atoms with Crippen LogP contribution in [0.5, 0.6) is 5.75 Å². The lowest BCUT2D eigenvalue weighted by molar-refractivity contribution is -0.0588. The van der Waals surface area contributed by atoms with Crippen LogP contribution < -0.4 is 4.74 Å². The third-order valence-corrected chi connectivity index (χ3v) is 7.14. The zero-order valence-corrected chi connectivity index (χ0v) is 18.3. The first kappa shape index (κ1) is 21.0. The predicted molar refractivity (Wildman–Crippen MR) is 116 cm³/mol. The maximum atomic E-state index is 10.7. The monoisotopic (exact) mass is 435 g/mol. The molecular formula is C23H27Cl2NO3. The van der Waals surface area contributed by atoms with Gasteiger partial charge in [-0.3, -0.25) is 0 Å². The molecule has 2 aliphatic heterocycles. The zero-order valence-electron chi connectivity index (χ0n) is 16.8. The SMILES string of the molecule is Cc1cc2c(cc1C)[C@H](O)CC1(CCN(C[C@H](O)c3ccc(Cl)c(Cl)c3)CC1)O2. The molecule has 2 N–H and O–H groups in total. The zero-order chi connectivity index (χ0) is 20.8. The van der Waals surface area contributed by atoms with Crippen LogP contribution in [0.3, 0.4) is 0 Å². The standard InChI is InChI=1S/C23H27Cl2NO3/c1-14-9-17-20(27)12-23(29-22(17)10-15(14)2)5-7-26(8-6-23)13-21(28)16-3-4-18(24)19(25)11-16/h3-4,9-11,20-21,27-28H,5-8,12-13H2,1-2H3/t20-,21+/m1/s1. The summed E-state index contributed by atoms with van der Waals surface area (Å²) in [6, 6.07) is 9.35. The minimum atomic E-state index is -0.622. The van der Waals surface area contributed by atoms with E-state index in [9.17, 15) is 10.2 Å². The quantitative estimate of drug-likeness (QED) is 0.712. The van der Waals surface area contributed by atoms with Crippen molar-refractivity contribution < 1.29 is 14.9 Å². The molecule has 2 aromatic carbocycles. The van der Waals surface area contributed by atoms with E-state index < -0.39 is 12.2 Å². The minimum absolute atomic E-state index is 0.334. The number of rotatable bonds is 3. The summed E-state index contributed by atoms with van der Waals surface area (Å²) in [5.74, 6) is 0.816. The smallest absolute Gasteiger partial charge is 0.126 e. The molecule has 2 aromatic rings. The van der Waals surface area contributed by atoms with Gasteiger partial charge in [0.2, 0.25) is 0 Å². The van der Waals surface area contributed by atoms with Gasteiger partial charge in [-0.05, 0) is 67.6 Å². The maximum absolute atomic E-state index is 10.7. The van der Waals surface area contributed by atoms with Crippen LogP contribution in [0.2, 0.25) is 10.0 Å². The number of β-amino-alcohol motifs (C(OH)–C–C–N with tert-alkyl or cyclic N) is 1. The summed E-state index contributed by atoms with van der Waals surface area (Å²) in [5.41, 5.74) is 3.68. The fourth-order valence-electron chi connectivity index (χ4n) is 4.42. The number of hydrogen-bond donors (Lipinski definition) is 2. The first-order valence-electron chi connectivity index (χ1n) is 10.1. The maximum Gasteiger partial charge on any atom is 0.126 e. The second kappa shape index (κ2) is 8.09. The molecule has 0 aromatic heterocycles. The highest BCUT2D eigenvalue weighted by molar-refractivity contribution is 6.42. The van der Waals surface area contributed by atoms with E-state index in [-0.39, 0.29) is 5.60 Å². The first-order chi connectivity index (χ1) is 13.8. The normalized spacial score (nSPS) is 22.2. The molecule has 2 atom stereocenters. The number of halogens is 2. The lowest BCUT2D eigenvalue weighted by Gasteiger charge is -2.46. The number of aliphatic hydroxyl groups excluding tert-OH is 2. The lowest BCUT2D eigenvalue weighted by atomic mass is 9.81. The van der Waals surface area contributed by atoms with Crippen molar-refractivity contribution in [1.82, 2.24) is 4.90 Å². The molecule has 1 spiro atoms. The Balaban J connectivity index is 1.41. The predicted octanol–water partition coefficient (Wildman–Crippen LogP) is 4.99. The Bertz CT molecular complexity index is 909. The molecule has 0 aliphatic carbocycles. The Kier molecular flexibility index (Phi) is 5.84. The third kappa shape index (κ3) is 4.28. The van der Waals surface area contributed by atoms with Crippen LogP contribution in [-0.4, -0.2) is 40.3 Å². The summed E-state index contributed by atoms with van der Waals surface area (Å²) in [6.07, 6.45) is 1.15. The van der Waals surface area contributed by atoms with Gasteiger partial charge in [-0.2, -0.15) is 0 Å². The Morgan fingerprint density at radius 2 is 1.79 bits per heavy atom.